The van der Waals surface area contributed by atoms with Gasteiger partial charge in [0.15, 0.2) is 5.58 Å². The number of nitrogens with two attached hydrogens (primary N) is 1. The summed E-state index contributed by atoms with van der Waals surface area (Å²) >= 11 is 0. The molecule has 2 aromatic carbocycles. The van der Waals surface area contributed by atoms with Crippen molar-refractivity contribution >= 4 is 38.9 Å². The lowest BCUT2D eigenvalue weighted by Gasteiger charge is -2.08. The molecule has 0 saturated heterocycles. The molecule has 39 heavy (non-hydrogen) atoms. The highest BCUT2D eigenvalue weighted by atomic mass is 16.3. The van der Waals surface area contributed by atoms with Gasteiger partial charge >= 0.3 is 0 Å². The van der Waals surface area contributed by atoms with Gasteiger partial charge in [-0.2, -0.15) is 5.10 Å². The summed E-state index contributed by atoms with van der Waals surface area (Å²) in [7, 11) is 0. The molecule has 0 atom stereocenters. The van der Waals surface area contributed by atoms with Crippen LogP contribution in [0.3, 0.4) is 0 Å². The number of aromatic nitrogens is 4. The molecule has 7 nitrogen and oxygen atoms in total. The van der Waals surface area contributed by atoms with Crippen molar-refractivity contribution in [2.75, 3.05) is 0 Å². The van der Waals surface area contributed by atoms with Gasteiger partial charge in [-0.15, -0.1) is 0 Å². The zero-order chi connectivity index (χ0) is 25.9. The molecule has 0 aliphatic carbocycles. The molecule has 2 N–H and O–H groups in total. The average molecular weight is 513 g/mol. The summed E-state index contributed by atoms with van der Waals surface area (Å²) in [5.41, 5.74) is 16.3. The minimum absolute atomic E-state index is 0.834. The monoisotopic (exact) mass is 512 g/mol. The third kappa shape index (κ3) is 3.50. The molecule has 0 saturated carbocycles. The fourth-order valence-corrected chi connectivity index (χ4v) is 6.22. The van der Waals surface area contributed by atoms with Gasteiger partial charge in [0, 0.05) is 59.8 Å². The second-order valence-electron chi connectivity index (χ2n) is 10.4. The summed E-state index contributed by atoms with van der Waals surface area (Å²) in [6, 6.07) is 20.9. The lowest BCUT2D eigenvalue weighted by atomic mass is 10.0. The van der Waals surface area contributed by atoms with Crippen LogP contribution >= 0.6 is 0 Å². The van der Waals surface area contributed by atoms with E-state index in [1.807, 2.05) is 16.8 Å². The average Bonchev–Trinajstić information content (AvgIpc) is 3.73. The largest absolute Gasteiger partial charge is 0.454 e. The molecule has 192 valence electrons. The number of benzene rings is 2. The normalized spacial score (nSPS) is 17.3. The third-order valence-electron chi connectivity index (χ3n) is 8.07. The van der Waals surface area contributed by atoms with E-state index in [4.69, 9.17) is 20.2 Å². The van der Waals surface area contributed by atoms with E-state index >= 15 is 0 Å². The van der Waals surface area contributed by atoms with Crippen LogP contribution in [0.1, 0.15) is 30.5 Å². The van der Waals surface area contributed by atoms with Crippen LogP contribution in [0.15, 0.2) is 94.9 Å². The summed E-state index contributed by atoms with van der Waals surface area (Å²) in [6.45, 7) is 2.00. The maximum absolute atomic E-state index is 6.44. The number of hydrogen-bond acceptors (Lipinski definition) is 4. The summed E-state index contributed by atoms with van der Waals surface area (Å²) in [5.74, 6) is 0. The Hall–Kier alpha value is -4.78. The van der Waals surface area contributed by atoms with E-state index in [0.717, 1.165) is 94.8 Å². The van der Waals surface area contributed by atoms with Gasteiger partial charge in [-0.1, -0.05) is 12.1 Å². The molecule has 4 aromatic heterocycles. The summed E-state index contributed by atoms with van der Waals surface area (Å²) in [6.07, 6.45) is 12.1. The van der Waals surface area contributed by atoms with Crippen molar-refractivity contribution in [1.29, 1.82) is 0 Å². The molecule has 6 heterocycles. The Labute approximate surface area is 225 Å². The molecule has 7 heteroatoms. The van der Waals surface area contributed by atoms with E-state index in [0.29, 0.717) is 0 Å². The lowest BCUT2D eigenvalue weighted by Crippen LogP contribution is -2.04. The van der Waals surface area contributed by atoms with Gasteiger partial charge in [0.2, 0.25) is 0 Å². The Kier molecular flexibility index (Phi) is 4.92. The van der Waals surface area contributed by atoms with E-state index in [9.17, 15) is 0 Å². The van der Waals surface area contributed by atoms with Gasteiger partial charge in [0.25, 0.3) is 0 Å². The van der Waals surface area contributed by atoms with E-state index in [-0.39, 0.29) is 0 Å². The molecular formula is C32H28N6O. The molecule has 0 radical (unpaired) electrons. The highest BCUT2D eigenvalue weighted by Gasteiger charge is 2.21. The molecule has 0 spiro atoms. The van der Waals surface area contributed by atoms with Crippen molar-refractivity contribution in [3.8, 4) is 17.1 Å². The van der Waals surface area contributed by atoms with Crippen LogP contribution in [0.2, 0.25) is 0 Å². The van der Waals surface area contributed by atoms with Crippen molar-refractivity contribution in [3.63, 3.8) is 0 Å². The quantitative estimate of drug-likeness (QED) is 0.275. The number of aliphatic imine (C=N–C) groups is 1. The molecule has 0 fully saturated rings. The van der Waals surface area contributed by atoms with E-state index in [2.05, 4.69) is 76.3 Å². The van der Waals surface area contributed by atoms with Crippen molar-refractivity contribution in [2.24, 2.45) is 10.7 Å². The third-order valence-corrected chi connectivity index (χ3v) is 8.07. The SMILES string of the molecule is NC=C1C(=Nc2ccc3oc4c(-n5cc6c(n5)-c5cccn5CCC6)cccc4c3c2)CCCn2cccc21. The molecular weight excluding hydrogens is 484 g/mol. The second kappa shape index (κ2) is 8.63. The number of furan rings is 1. The molecule has 8 rings (SSSR count). The zero-order valence-corrected chi connectivity index (χ0v) is 21.5. The minimum atomic E-state index is 0.834. The lowest BCUT2D eigenvalue weighted by molar-refractivity contribution is 0.656. The Bertz CT molecular complexity index is 1940. The topological polar surface area (TPSA) is 79.2 Å². The maximum Gasteiger partial charge on any atom is 0.161 e. The number of fused-ring (bicyclic) bond motifs is 7. The molecule has 0 amide bonds. The predicted molar refractivity (Wildman–Crippen MR) is 156 cm³/mol. The molecule has 2 aliphatic rings. The Morgan fingerprint density at radius 2 is 1.69 bits per heavy atom. The fourth-order valence-electron chi connectivity index (χ4n) is 6.22. The van der Waals surface area contributed by atoms with Gasteiger partial charge in [-0.3, -0.25) is 4.99 Å². The van der Waals surface area contributed by atoms with Gasteiger partial charge in [-0.25, -0.2) is 4.68 Å². The van der Waals surface area contributed by atoms with Crippen molar-refractivity contribution in [1.82, 2.24) is 18.9 Å². The van der Waals surface area contributed by atoms with Crippen LogP contribution in [0.25, 0.3) is 44.6 Å². The van der Waals surface area contributed by atoms with Crippen LogP contribution in [-0.2, 0) is 19.5 Å². The summed E-state index contributed by atoms with van der Waals surface area (Å²) in [4.78, 5) is 5.09. The zero-order valence-electron chi connectivity index (χ0n) is 21.5. The van der Waals surface area contributed by atoms with Crippen molar-refractivity contribution < 1.29 is 4.42 Å². The predicted octanol–water partition coefficient (Wildman–Crippen LogP) is 6.85. The number of nitrogens with zero attached hydrogens (tertiary/aromatic N) is 5. The van der Waals surface area contributed by atoms with Gasteiger partial charge in [-0.05, 0) is 74.2 Å². The number of rotatable bonds is 2. The first kappa shape index (κ1) is 22.2. The van der Waals surface area contributed by atoms with Crippen LogP contribution in [-0.4, -0.2) is 24.6 Å². The minimum Gasteiger partial charge on any atom is -0.454 e. The van der Waals surface area contributed by atoms with E-state index in [1.165, 1.54) is 11.3 Å². The summed E-state index contributed by atoms with van der Waals surface area (Å²) in [5, 5.41) is 7.15. The Morgan fingerprint density at radius 3 is 2.56 bits per heavy atom. The smallest absolute Gasteiger partial charge is 0.161 e. The first-order chi connectivity index (χ1) is 19.3. The van der Waals surface area contributed by atoms with Crippen LogP contribution in [0.5, 0.6) is 0 Å². The van der Waals surface area contributed by atoms with Gasteiger partial charge < -0.3 is 19.3 Å². The van der Waals surface area contributed by atoms with Crippen molar-refractivity contribution in [3.05, 3.63) is 96.7 Å². The molecule has 6 aromatic rings. The molecule has 0 bridgehead atoms. The van der Waals surface area contributed by atoms with Crippen molar-refractivity contribution in [2.45, 2.75) is 38.8 Å². The number of aryl methyl sites for hydroxylation is 3. The first-order valence-electron chi connectivity index (χ1n) is 13.6. The van der Waals surface area contributed by atoms with Crippen LogP contribution in [0.4, 0.5) is 5.69 Å². The first-order valence-corrected chi connectivity index (χ1v) is 13.6. The summed E-state index contributed by atoms with van der Waals surface area (Å²) < 4.78 is 13.0. The molecule has 2 aliphatic heterocycles. The molecule has 0 unspecified atom stereocenters. The fraction of sp³-hybridized carbons (Fsp3) is 0.188. The highest BCUT2D eigenvalue weighted by molar-refractivity contribution is 6.24. The highest BCUT2D eigenvalue weighted by Crippen LogP contribution is 2.37. The van der Waals surface area contributed by atoms with Crippen LogP contribution in [0, 0.1) is 0 Å². The standard InChI is InChI=1S/C32H28N6O/c33-19-25-26(8-3-15-36-16-4-10-27(25)36)34-22-12-13-30-24(18-22)23-7-1-9-29(32(23)39-30)38-20-21-6-2-14-37-17-5-11-28(37)31(21)35-38/h1,4-5,7,9-13,16-20H,2-3,6,8,14-15,33H2. The van der Waals surface area contributed by atoms with E-state index in [1.54, 1.807) is 6.20 Å². The maximum atomic E-state index is 6.44. The Balaban J connectivity index is 1.23. The number of allylic oxidation sites excluding steroid dienone is 1. The Morgan fingerprint density at radius 1 is 0.872 bits per heavy atom. The van der Waals surface area contributed by atoms with Gasteiger partial charge in [0.1, 0.15) is 17.0 Å². The van der Waals surface area contributed by atoms with E-state index < -0.39 is 0 Å². The van der Waals surface area contributed by atoms with Crippen LogP contribution < -0.4 is 5.73 Å². The number of para-hydroxylation sites is 1. The van der Waals surface area contributed by atoms with Gasteiger partial charge in [0.05, 0.1) is 22.8 Å². The second-order valence-corrected chi connectivity index (χ2v) is 10.4. The number of hydrogen-bond donors (Lipinski definition) is 1.